The van der Waals surface area contributed by atoms with Crippen molar-refractivity contribution in [3.63, 3.8) is 0 Å². The number of thioether (sulfide) groups is 1. The molecule has 0 aromatic carbocycles. The lowest BCUT2D eigenvalue weighted by molar-refractivity contribution is -0.150. The molecule has 1 aromatic rings. The van der Waals surface area contributed by atoms with E-state index in [9.17, 15) is 24.3 Å². The molecule has 1 unspecified atom stereocenters. The van der Waals surface area contributed by atoms with Crippen LogP contribution in [0.2, 0.25) is 0 Å². The van der Waals surface area contributed by atoms with Crippen molar-refractivity contribution in [2.24, 2.45) is 0 Å². The molecule has 25 heavy (non-hydrogen) atoms. The van der Waals surface area contributed by atoms with Crippen molar-refractivity contribution < 1.29 is 29.0 Å². The predicted octanol–water partition coefficient (Wildman–Crippen LogP) is -0.749. The molecule has 4 N–H and O–H groups in total. The zero-order chi connectivity index (χ0) is 18.3. The third kappa shape index (κ3) is 2.82. The van der Waals surface area contributed by atoms with E-state index >= 15 is 0 Å². The Morgan fingerprint density at radius 1 is 1.48 bits per heavy atom. The van der Waals surface area contributed by atoms with E-state index in [1.54, 1.807) is 0 Å². The maximum absolute atomic E-state index is 12.3. The van der Waals surface area contributed by atoms with Crippen LogP contribution in [0.5, 0.6) is 0 Å². The van der Waals surface area contributed by atoms with Gasteiger partial charge in [0.2, 0.25) is 0 Å². The number of ketones is 1. The molecule has 10 nitrogen and oxygen atoms in total. The van der Waals surface area contributed by atoms with E-state index in [4.69, 9.17) is 10.5 Å². The SMILES string of the molecule is COC1=C(C(=O)O)N2C(=O)C(NC(=O)C(=O)c3csc(N)n3)[C@@H]2SC1. The van der Waals surface area contributed by atoms with Crippen LogP contribution in [0.25, 0.3) is 0 Å². The average molecular weight is 384 g/mol. The van der Waals surface area contributed by atoms with Crippen LogP contribution in [0.4, 0.5) is 5.13 Å². The number of β-lactam (4-membered cyclic amide) rings is 1. The molecule has 12 heteroatoms. The number of carboxylic acids is 1. The van der Waals surface area contributed by atoms with E-state index in [1.807, 2.05) is 0 Å². The van der Waals surface area contributed by atoms with Crippen molar-refractivity contribution in [1.82, 2.24) is 15.2 Å². The van der Waals surface area contributed by atoms with Crippen molar-refractivity contribution in [3.8, 4) is 0 Å². The van der Waals surface area contributed by atoms with Gasteiger partial charge in [-0.05, 0) is 0 Å². The van der Waals surface area contributed by atoms with Crippen molar-refractivity contribution in [2.75, 3.05) is 18.6 Å². The van der Waals surface area contributed by atoms with E-state index in [2.05, 4.69) is 10.3 Å². The summed E-state index contributed by atoms with van der Waals surface area (Å²) in [7, 11) is 1.32. The third-order valence-electron chi connectivity index (χ3n) is 3.63. The molecular formula is C13H12N4O6S2. The first-order chi connectivity index (χ1) is 11.8. The number of hydrogen-bond donors (Lipinski definition) is 3. The molecule has 0 radical (unpaired) electrons. The zero-order valence-corrected chi connectivity index (χ0v) is 14.3. The number of hydrogen-bond acceptors (Lipinski definition) is 9. The Balaban J connectivity index is 1.74. The number of carbonyl (C=O) groups excluding carboxylic acids is 3. The number of amides is 2. The molecule has 0 bridgehead atoms. The van der Waals surface area contributed by atoms with Gasteiger partial charge in [0.15, 0.2) is 10.8 Å². The summed E-state index contributed by atoms with van der Waals surface area (Å²) in [6.07, 6.45) is 0. The summed E-state index contributed by atoms with van der Waals surface area (Å²) >= 11 is 2.25. The lowest BCUT2D eigenvalue weighted by Gasteiger charge is -2.48. The molecule has 1 aromatic heterocycles. The van der Waals surface area contributed by atoms with Gasteiger partial charge in [-0.15, -0.1) is 23.1 Å². The number of anilines is 1. The number of nitrogens with one attached hydrogen (secondary N) is 1. The fraction of sp³-hybridized carbons (Fsp3) is 0.308. The lowest BCUT2D eigenvalue weighted by atomic mass is 10.0. The summed E-state index contributed by atoms with van der Waals surface area (Å²) < 4.78 is 5.00. The summed E-state index contributed by atoms with van der Waals surface area (Å²) in [5.41, 5.74) is 5.07. The van der Waals surface area contributed by atoms with E-state index in [0.29, 0.717) is 0 Å². The molecule has 0 aliphatic carbocycles. The van der Waals surface area contributed by atoms with E-state index in [0.717, 1.165) is 16.2 Å². The van der Waals surface area contributed by atoms with Crippen LogP contribution in [0, 0.1) is 0 Å². The van der Waals surface area contributed by atoms with Gasteiger partial charge >= 0.3 is 5.97 Å². The summed E-state index contributed by atoms with van der Waals surface area (Å²) in [5, 5.41) is 12.5. The molecule has 1 fully saturated rings. The van der Waals surface area contributed by atoms with Crippen LogP contribution >= 0.6 is 23.1 Å². The Hall–Kier alpha value is -2.60. The molecule has 3 heterocycles. The molecule has 2 aliphatic heterocycles. The number of aliphatic carboxylic acids is 1. The first-order valence-corrected chi connectivity index (χ1v) is 8.79. The molecule has 2 amide bonds. The fourth-order valence-electron chi connectivity index (χ4n) is 2.46. The zero-order valence-electron chi connectivity index (χ0n) is 12.7. The number of nitrogens with two attached hydrogens (primary N) is 1. The third-order valence-corrected chi connectivity index (χ3v) is 5.56. The standard InChI is InChI=1S/C13H12N4O6S2/c1-23-5-3-24-11-6(10(20)17(11)7(5)12(21)22)16-9(19)8(18)4-2-25-13(14)15-4/h2,6,11H,3H2,1H3,(H2,14,15)(H,16,19)(H,21,22)/t6?,11-/m0/s1. The Labute approximate surface area is 149 Å². The molecule has 2 atom stereocenters. The van der Waals surface area contributed by atoms with Gasteiger partial charge in [0, 0.05) is 5.38 Å². The number of thiazole rings is 1. The molecule has 132 valence electrons. The lowest BCUT2D eigenvalue weighted by Crippen LogP contribution is -2.71. The van der Waals surface area contributed by atoms with Gasteiger partial charge in [-0.25, -0.2) is 9.78 Å². The largest absolute Gasteiger partial charge is 0.498 e. The number of nitrogens with zero attached hydrogens (tertiary/aromatic N) is 2. The smallest absolute Gasteiger partial charge is 0.356 e. The number of nitrogen functional groups attached to an aromatic ring is 1. The second kappa shape index (κ2) is 6.37. The molecule has 1 saturated heterocycles. The van der Waals surface area contributed by atoms with Crippen LogP contribution in [-0.2, 0) is 19.1 Å². The minimum Gasteiger partial charge on any atom is -0.498 e. The summed E-state index contributed by atoms with van der Waals surface area (Å²) in [6.45, 7) is 0. The number of aromatic nitrogens is 1. The highest BCUT2D eigenvalue weighted by molar-refractivity contribution is 8.00. The Morgan fingerprint density at radius 3 is 2.76 bits per heavy atom. The van der Waals surface area contributed by atoms with Crippen molar-refractivity contribution >= 4 is 51.8 Å². The van der Waals surface area contributed by atoms with E-state index < -0.39 is 35.0 Å². The number of Topliss-reactive ketones (excluding diaryl/α,β-unsaturated/α-hetero) is 1. The maximum Gasteiger partial charge on any atom is 0.356 e. The van der Waals surface area contributed by atoms with Gasteiger partial charge in [0.25, 0.3) is 17.6 Å². The number of fused-ring (bicyclic) bond motifs is 1. The van der Waals surface area contributed by atoms with Crippen molar-refractivity contribution in [1.29, 1.82) is 0 Å². The quantitative estimate of drug-likeness (QED) is 0.338. The fourth-order valence-corrected chi connectivity index (χ4v) is 4.32. The molecule has 2 aliphatic rings. The van der Waals surface area contributed by atoms with Gasteiger partial charge in [-0.2, -0.15) is 0 Å². The van der Waals surface area contributed by atoms with E-state index in [-0.39, 0.29) is 28.0 Å². The highest BCUT2D eigenvalue weighted by Crippen LogP contribution is 2.40. The number of rotatable bonds is 5. The summed E-state index contributed by atoms with van der Waals surface area (Å²) in [5.74, 6) is -3.43. The predicted molar refractivity (Wildman–Crippen MR) is 87.6 cm³/mol. The Bertz CT molecular complexity index is 819. The topological polar surface area (TPSA) is 152 Å². The summed E-state index contributed by atoms with van der Waals surface area (Å²) in [6, 6.07) is -0.995. The van der Waals surface area contributed by atoms with Gasteiger partial charge in [0.1, 0.15) is 22.9 Å². The van der Waals surface area contributed by atoms with Crippen LogP contribution in [0.15, 0.2) is 16.8 Å². The van der Waals surface area contributed by atoms with Crippen LogP contribution < -0.4 is 11.1 Å². The second-order valence-electron chi connectivity index (χ2n) is 5.04. The number of methoxy groups -OCH3 is 1. The first-order valence-electron chi connectivity index (χ1n) is 6.86. The summed E-state index contributed by atoms with van der Waals surface area (Å²) in [4.78, 5) is 52.5. The number of carbonyl (C=O) groups is 4. The normalized spacial score (nSPS) is 22.1. The van der Waals surface area contributed by atoms with Gasteiger partial charge in [0.05, 0.1) is 12.9 Å². The minimum atomic E-state index is -1.30. The molecular weight excluding hydrogens is 372 g/mol. The van der Waals surface area contributed by atoms with Crippen LogP contribution in [-0.4, -0.2) is 62.8 Å². The highest BCUT2D eigenvalue weighted by Gasteiger charge is 2.55. The van der Waals surface area contributed by atoms with E-state index in [1.165, 1.54) is 24.3 Å². The van der Waals surface area contributed by atoms with Crippen molar-refractivity contribution in [3.05, 3.63) is 22.5 Å². The van der Waals surface area contributed by atoms with Crippen LogP contribution in [0.3, 0.4) is 0 Å². The maximum atomic E-state index is 12.3. The molecule has 3 rings (SSSR count). The molecule has 0 saturated carbocycles. The minimum absolute atomic E-state index is 0.104. The number of carboxylic acid groups (broad SMARTS) is 1. The monoisotopic (exact) mass is 384 g/mol. The van der Waals surface area contributed by atoms with Crippen LogP contribution in [0.1, 0.15) is 10.5 Å². The average Bonchev–Trinajstić information content (AvgIpc) is 3.03. The Kier molecular flexibility index (Phi) is 4.39. The molecule has 0 spiro atoms. The van der Waals surface area contributed by atoms with Gasteiger partial charge in [-0.1, -0.05) is 0 Å². The first kappa shape index (κ1) is 17.2. The highest BCUT2D eigenvalue weighted by atomic mass is 32.2. The number of ether oxygens (including phenoxy) is 1. The second-order valence-corrected chi connectivity index (χ2v) is 7.04. The van der Waals surface area contributed by atoms with Gasteiger partial charge in [-0.3, -0.25) is 19.3 Å². The van der Waals surface area contributed by atoms with Gasteiger partial charge < -0.3 is 20.9 Å². The Morgan fingerprint density at radius 2 is 2.20 bits per heavy atom. The van der Waals surface area contributed by atoms with Crippen molar-refractivity contribution in [2.45, 2.75) is 11.4 Å².